The number of hydrogen-bond acceptors (Lipinski definition) is 3. The van der Waals surface area contributed by atoms with E-state index in [1.54, 1.807) is 5.51 Å². The molecule has 0 saturated heterocycles. The maximum atomic E-state index is 11.2. The van der Waals surface area contributed by atoms with Crippen molar-refractivity contribution in [2.45, 2.75) is 25.7 Å². The van der Waals surface area contributed by atoms with Crippen LogP contribution in [0, 0.1) is 5.41 Å². The lowest BCUT2D eigenvalue weighted by Crippen LogP contribution is -2.25. The Morgan fingerprint density at radius 2 is 2.31 bits per heavy atom. The molecule has 0 aromatic carbocycles. The van der Waals surface area contributed by atoms with Crippen LogP contribution in [-0.4, -0.2) is 16.1 Å². The van der Waals surface area contributed by atoms with Gasteiger partial charge >= 0.3 is 5.97 Å². The zero-order valence-corrected chi connectivity index (χ0v) is 8.39. The molecule has 4 heteroatoms. The molecule has 1 aromatic heterocycles. The van der Waals surface area contributed by atoms with E-state index in [1.165, 1.54) is 11.3 Å². The summed E-state index contributed by atoms with van der Waals surface area (Å²) in [4.78, 5) is 15.3. The minimum Gasteiger partial charge on any atom is -0.481 e. The maximum Gasteiger partial charge on any atom is 0.316 e. The van der Waals surface area contributed by atoms with Gasteiger partial charge in [0.25, 0.3) is 0 Å². The molecule has 0 spiro atoms. The topological polar surface area (TPSA) is 50.2 Å². The van der Waals surface area contributed by atoms with Crippen molar-refractivity contribution in [3.05, 3.63) is 16.6 Å². The number of aliphatic carboxylic acids is 1. The van der Waals surface area contributed by atoms with E-state index < -0.39 is 11.4 Å². The molecule has 1 aromatic rings. The van der Waals surface area contributed by atoms with Gasteiger partial charge in [0.15, 0.2) is 0 Å². The van der Waals surface area contributed by atoms with Crippen molar-refractivity contribution in [1.29, 1.82) is 0 Å². The highest BCUT2D eigenvalue weighted by Gasteiger charge is 2.69. The molecule has 70 valence electrons. The van der Waals surface area contributed by atoms with Crippen LogP contribution in [0.4, 0.5) is 0 Å². The molecule has 1 unspecified atom stereocenters. The third-order valence-corrected chi connectivity index (χ3v) is 3.56. The molecule has 1 fully saturated rings. The summed E-state index contributed by atoms with van der Waals surface area (Å²) in [5, 5.41) is 11.0. The fraction of sp³-hybridized carbons (Fsp3) is 0.556. The van der Waals surface area contributed by atoms with Crippen LogP contribution in [0.25, 0.3) is 0 Å². The number of hydrogen-bond donors (Lipinski definition) is 1. The molecule has 2 rings (SSSR count). The van der Waals surface area contributed by atoms with Gasteiger partial charge in [-0.3, -0.25) is 4.79 Å². The number of carbonyl (C=O) groups is 1. The van der Waals surface area contributed by atoms with Crippen molar-refractivity contribution in [3.8, 4) is 0 Å². The number of rotatable bonds is 2. The zero-order valence-electron chi connectivity index (χ0n) is 7.57. The van der Waals surface area contributed by atoms with E-state index in [0.29, 0.717) is 6.42 Å². The Morgan fingerprint density at radius 3 is 2.62 bits per heavy atom. The van der Waals surface area contributed by atoms with E-state index in [1.807, 2.05) is 19.2 Å². The van der Waals surface area contributed by atoms with Crippen LogP contribution < -0.4 is 0 Å². The Morgan fingerprint density at radius 1 is 1.69 bits per heavy atom. The zero-order chi connectivity index (χ0) is 9.69. The molecule has 13 heavy (non-hydrogen) atoms. The second-order valence-electron chi connectivity index (χ2n) is 4.14. The lowest BCUT2D eigenvalue weighted by atomic mass is 9.93. The van der Waals surface area contributed by atoms with Crippen molar-refractivity contribution in [1.82, 2.24) is 4.98 Å². The molecule has 1 heterocycles. The molecule has 1 N–H and O–H groups in total. The van der Waals surface area contributed by atoms with E-state index in [0.717, 1.165) is 5.69 Å². The van der Waals surface area contributed by atoms with Crippen LogP contribution >= 0.6 is 11.3 Å². The molecule has 0 radical (unpaired) electrons. The van der Waals surface area contributed by atoms with E-state index >= 15 is 0 Å². The minimum absolute atomic E-state index is 0.146. The summed E-state index contributed by atoms with van der Waals surface area (Å²) in [6.45, 7) is 3.95. The van der Waals surface area contributed by atoms with Crippen LogP contribution in [0.1, 0.15) is 26.0 Å². The van der Waals surface area contributed by atoms with Crippen LogP contribution in [0.3, 0.4) is 0 Å². The van der Waals surface area contributed by atoms with Gasteiger partial charge in [-0.25, -0.2) is 4.98 Å². The third kappa shape index (κ3) is 0.950. The fourth-order valence-electron chi connectivity index (χ4n) is 1.95. The van der Waals surface area contributed by atoms with Gasteiger partial charge < -0.3 is 5.11 Å². The highest BCUT2D eigenvalue weighted by Crippen LogP contribution is 2.64. The van der Waals surface area contributed by atoms with Crippen molar-refractivity contribution in [3.63, 3.8) is 0 Å². The molecule has 0 aliphatic heterocycles. The Hall–Kier alpha value is -0.900. The van der Waals surface area contributed by atoms with Gasteiger partial charge in [-0.05, 0) is 11.8 Å². The predicted octanol–water partition coefficient (Wildman–Crippen LogP) is 1.90. The van der Waals surface area contributed by atoms with Gasteiger partial charge in [0.2, 0.25) is 0 Å². The van der Waals surface area contributed by atoms with Crippen molar-refractivity contribution in [2.75, 3.05) is 0 Å². The second kappa shape index (κ2) is 2.32. The molecule has 0 amide bonds. The monoisotopic (exact) mass is 197 g/mol. The van der Waals surface area contributed by atoms with E-state index in [4.69, 9.17) is 0 Å². The van der Waals surface area contributed by atoms with Crippen molar-refractivity contribution in [2.24, 2.45) is 5.41 Å². The van der Waals surface area contributed by atoms with Gasteiger partial charge in [-0.15, -0.1) is 11.3 Å². The molecular formula is C9H11NO2S. The first kappa shape index (κ1) is 8.69. The van der Waals surface area contributed by atoms with Gasteiger partial charge in [-0.2, -0.15) is 0 Å². The number of thiazole rings is 1. The third-order valence-electron chi connectivity index (χ3n) is 2.97. The van der Waals surface area contributed by atoms with E-state index in [-0.39, 0.29) is 5.41 Å². The van der Waals surface area contributed by atoms with Crippen LogP contribution in [0.5, 0.6) is 0 Å². The Balaban J connectivity index is 2.45. The van der Waals surface area contributed by atoms with Crippen LogP contribution in [0.15, 0.2) is 10.9 Å². The summed E-state index contributed by atoms with van der Waals surface area (Å²) in [6.07, 6.45) is 0.694. The van der Waals surface area contributed by atoms with Crippen LogP contribution in [-0.2, 0) is 10.2 Å². The number of carboxylic acids is 1. The highest BCUT2D eigenvalue weighted by molar-refractivity contribution is 7.07. The first-order valence-electron chi connectivity index (χ1n) is 4.13. The molecule has 1 aliphatic carbocycles. The first-order valence-corrected chi connectivity index (χ1v) is 5.07. The summed E-state index contributed by atoms with van der Waals surface area (Å²) in [5.41, 5.74) is 1.55. The van der Waals surface area contributed by atoms with E-state index in [9.17, 15) is 9.90 Å². The Kier molecular flexibility index (Phi) is 1.55. The summed E-state index contributed by atoms with van der Waals surface area (Å²) in [5.74, 6) is -0.747. The summed E-state index contributed by atoms with van der Waals surface area (Å²) < 4.78 is 0. The minimum atomic E-state index is -0.747. The molecule has 3 nitrogen and oxygen atoms in total. The summed E-state index contributed by atoms with van der Waals surface area (Å²) in [6, 6.07) is 0. The molecule has 1 atom stereocenters. The molecule has 1 aliphatic rings. The Labute approximate surface area is 80.4 Å². The standard InChI is InChI=1S/C9H11NO2S/c1-8(2)4-9(8,7(11)12)6-3-13-5-10-6/h3,5H,4H2,1-2H3,(H,11,12). The fourth-order valence-corrected chi connectivity index (χ4v) is 2.58. The number of aromatic nitrogens is 1. The largest absolute Gasteiger partial charge is 0.481 e. The van der Waals surface area contributed by atoms with Gasteiger partial charge in [-0.1, -0.05) is 13.8 Å². The van der Waals surface area contributed by atoms with Crippen molar-refractivity contribution >= 4 is 17.3 Å². The SMILES string of the molecule is CC1(C)CC1(C(=O)O)c1cscn1. The van der Waals surface area contributed by atoms with Gasteiger partial charge in [0, 0.05) is 5.38 Å². The quantitative estimate of drug-likeness (QED) is 0.787. The first-order chi connectivity index (χ1) is 6.01. The van der Waals surface area contributed by atoms with Crippen molar-refractivity contribution < 1.29 is 9.90 Å². The highest BCUT2D eigenvalue weighted by atomic mass is 32.1. The predicted molar refractivity (Wildman–Crippen MR) is 49.8 cm³/mol. The molecule has 0 bridgehead atoms. The van der Waals surface area contributed by atoms with Gasteiger partial charge in [0.05, 0.1) is 11.2 Å². The lowest BCUT2D eigenvalue weighted by Gasteiger charge is -2.12. The average molecular weight is 197 g/mol. The summed E-state index contributed by atoms with van der Waals surface area (Å²) >= 11 is 1.45. The van der Waals surface area contributed by atoms with Crippen LogP contribution in [0.2, 0.25) is 0 Å². The average Bonchev–Trinajstić information content (AvgIpc) is 2.52. The van der Waals surface area contributed by atoms with Gasteiger partial charge in [0.1, 0.15) is 5.41 Å². The Bertz CT molecular complexity index is 345. The normalized spacial score (nSPS) is 30.0. The lowest BCUT2D eigenvalue weighted by molar-refractivity contribution is -0.141. The second-order valence-corrected chi connectivity index (χ2v) is 4.86. The number of nitrogens with zero attached hydrogens (tertiary/aromatic N) is 1. The number of carboxylic acid groups (broad SMARTS) is 1. The molecule has 1 saturated carbocycles. The maximum absolute atomic E-state index is 11.2. The smallest absolute Gasteiger partial charge is 0.316 e. The summed E-state index contributed by atoms with van der Waals surface area (Å²) in [7, 11) is 0. The molecular weight excluding hydrogens is 186 g/mol. The van der Waals surface area contributed by atoms with E-state index in [2.05, 4.69) is 4.98 Å².